The number of rotatable bonds is 14. The number of aromatic amines is 1. The molecule has 2 rings (SSSR count). The first kappa shape index (κ1) is 29.3. The molecule has 13 heteroatoms. The highest BCUT2D eigenvalue weighted by Crippen LogP contribution is 2.19. The average Bonchev–Trinajstić information content (AvgIpc) is 3.27. The summed E-state index contributed by atoms with van der Waals surface area (Å²) in [7, 11) is 0. The number of nitrogens with one attached hydrogen (secondary N) is 4. The molecule has 1 aromatic carbocycles. The van der Waals surface area contributed by atoms with Crippen molar-refractivity contribution in [3.05, 3.63) is 36.0 Å². The van der Waals surface area contributed by atoms with Crippen LogP contribution in [-0.4, -0.2) is 75.6 Å². The van der Waals surface area contributed by atoms with Crippen LogP contribution in [0.2, 0.25) is 0 Å². The van der Waals surface area contributed by atoms with Gasteiger partial charge in [-0.1, -0.05) is 38.5 Å². The fraction of sp³-hybridized carbons (Fsp3) is 0.458. The van der Waals surface area contributed by atoms with E-state index >= 15 is 0 Å². The highest BCUT2D eigenvalue weighted by Gasteiger charge is 2.33. The molecule has 0 aliphatic rings. The summed E-state index contributed by atoms with van der Waals surface area (Å²) in [5.41, 5.74) is 12.2. The summed E-state index contributed by atoms with van der Waals surface area (Å²) in [6.07, 6.45) is 1.55. The summed E-state index contributed by atoms with van der Waals surface area (Å²) in [6.45, 7) is 2.82. The van der Waals surface area contributed by atoms with Crippen molar-refractivity contribution >= 4 is 40.5 Å². The number of nitrogens with two attached hydrogens (primary N) is 2. The standard InChI is InChI=1S/C24H34N6O7/c1-3-12(2)20(23(35)29-18(24(36)37)9-19(26)32)30-22(34)17(28-21(33)15(25)11-31)8-13-10-27-16-7-5-4-6-14(13)16/h4-7,10,12,15,17-18,20,27,31H,3,8-9,11,25H2,1-2H3,(H2,26,32)(H,28,33)(H,29,35)(H,30,34)(H,36,37). The molecule has 0 aliphatic carbocycles. The highest BCUT2D eigenvalue weighted by molar-refractivity contribution is 5.95. The number of hydrogen-bond donors (Lipinski definition) is 8. The fourth-order valence-corrected chi connectivity index (χ4v) is 3.71. The number of hydrogen-bond acceptors (Lipinski definition) is 7. The zero-order chi connectivity index (χ0) is 27.7. The van der Waals surface area contributed by atoms with Crippen molar-refractivity contribution in [2.45, 2.75) is 57.3 Å². The van der Waals surface area contributed by atoms with Crippen LogP contribution >= 0.6 is 0 Å². The lowest BCUT2D eigenvalue weighted by molar-refractivity contribution is -0.144. The number of primary amides is 1. The molecule has 0 saturated carbocycles. The lowest BCUT2D eigenvalue weighted by Gasteiger charge is -2.28. The molecule has 0 saturated heterocycles. The third-order valence-corrected chi connectivity index (χ3v) is 6.08. The van der Waals surface area contributed by atoms with Crippen molar-refractivity contribution in [1.29, 1.82) is 0 Å². The molecule has 0 radical (unpaired) electrons. The molecule has 0 fully saturated rings. The number of H-pyrrole nitrogens is 1. The lowest BCUT2D eigenvalue weighted by atomic mass is 9.96. The first-order valence-corrected chi connectivity index (χ1v) is 11.8. The zero-order valence-electron chi connectivity index (χ0n) is 20.7. The number of aliphatic hydroxyl groups excluding tert-OH is 1. The van der Waals surface area contributed by atoms with Crippen molar-refractivity contribution in [1.82, 2.24) is 20.9 Å². The van der Waals surface area contributed by atoms with Crippen molar-refractivity contribution in [3.63, 3.8) is 0 Å². The summed E-state index contributed by atoms with van der Waals surface area (Å²) < 4.78 is 0. The van der Waals surface area contributed by atoms with E-state index in [1.54, 1.807) is 20.0 Å². The molecule has 5 unspecified atom stereocenters. The van der Waals surface area contributed by atoms with E-state index < -0.39 is 72.7 Å². The highest BCUT2D eigenvalue weighted by atomic mass is 16.4. The van der Waals surface area contributed by atoms with Crippen molar-refractivity contribution < 1.29 is 34.2 Å². The summed E-state index contributed by atoms with van der Waals surface area (Å²) >= 11 is 0. The van der Waals surface area contributed by atoms with E-state index in [9.17, 15) is 34.2 Å². The maximum Gasteiger partial charge on any atom is 0.326 e. The molecule has 4 amide bonds. The summed E-state index contributed by atoms with van der Waals surface area (Å²) in [4.78, 5) is 64.6. The Kier molecular flexibility index (Phi) is 10.6. The molecule has 0 aliphatic heterocycles. The number of fused-ring (bicyclic) bond motifs is 1. The van der Waals surface area contributed by atoms with Gasteiger partial charge in [0.1, 0.15) is 24.2 Å². The van der Waals surface area contributed by atoms with Gasteiger partial charge >= 0.3 is 5.97 Å². The van der Waals surface area contributed by atoms with Crippen LogP contribution in [0.4, 0.5) is 0 Å². The minimum absolute atomic E-state index is 0.0357. The largest absolute Gasteiger partial charge is 0.480 e. The normalized spacial score (nSPS) is 15.1. The summed E-state index contributed by atoms with van der Waals surface area (Å²) in [5.74, 6) is -5.11. The molecule has 13 nitrogen and oxygen atoms in total. The number of amides is 4. The van der Waals surface area contributed by atoms with E-state index in [1.165, 1.54) is 0 Å². The van der Waals surface area contributed by atoms with E-state index in [4.69, 9.17) is 11.5 Å². The molecule has 0 bridgehead atoms. The van der Waals surface area contributed by atoms with Crippen molar-refractivity contribution in [3.8, 4) is 0 Å². The second-order valence-electron chi connectivity index (χ2n) is 8.86. The van der Waals surface area contributed by atoms with E-state index in [-0.39, 0.29) is 6.42 Å². The second-order valence-corrected chi connectivity index (χ2v) is 8.86. The number of carbonyl (C=O) groups excluding carboxylic acids is 4. The van der Waals surface area contributed by atoms with Gasteiger partial charge in [0.05, 0.1) is 13.0 Å². The topological polar surface area (TPSA) is 230 Å². The Hall–Kier alpha value is -3.97. The van der Waals surface area contributed by atoms with Gasteiger partial charge in [-0.25, -0.2) is 4.79 Å². The van der Waals surface area contributed by atoms with Gasteiger partial charge in [-0.15, -0.1) is 0 Å². The summed E-state index contributed by atoms with van der Waals surface area (Å²) in [6, 6.07) is 2.16. The fourth-order valence-electron chi connectivity index (χ4n) is 3.71. The monoisotopic (exact) mass is 518 g/mol. The number of benzene rings is 1. The quantitative estimate of drug-likeness (QED) is 0.146. The molecule has 1 heterocycles. The molecular formula is C24H34N6O7. The molecule has 37 heavy (non-hydrogen) atoms. The van der Waals surface area contributed by atoms with Gasteiger partial charge in [-0.2, -0.15) is 0 Å². The number of carbonyl (C=O) groups is 5. The van der Waals surface area contributed by atoms with E-state index in [0.29, 0.717) is 12.0 Å². The molecule has 1 aromatic heterocycles. The van der Waals surface area contributed by atoms with Crippen LogP contribution in [0.25, 0.3) is 10.9 Å². The molecule has 2 aromatic rings. The van der Waals surface area contributed by atoms with Gasteiger partial charge in [-0.3, -0.25) is 19.2 Å². The Balaban J connectivity index is 2.31. The van der Waals surface area contributed by atoms with Crippen LogP contribution in [0.5, 0.6) is 0 Å². The number of carboxylic acid groups (broad SMARTS) is 1. The van der Waals surface area contributed by atoms with E-state index in [2.05, 4.69) is 20.9 Å². The molecule has 5 atom stereocenters. The number of para-hydroxylation sites is 1. The molecule has 10 N–H and O–H groups in total. The van der Waals surface area contributed by atoms with Crippen LogP contribution in [0.3, 0.4) is 0 Å². The zero-order valence-corrected chi connectivity index (χ0v) is 20.7. The molecule has 202 valence electrons. The Morgan fingerprint density at radius 1 is 1.00 bits per heavy atom. The Bertz CT molecular complexity index is 1130. The van der Waals surface area contributed by atoms with Gasteiger partial charge in [0, 0.05) is 23.5 Å². The Morgan fingerprint density at radius 2 is 1.65 bits per heavy atom. The number of carboxylic acids is 1. The van der Waals surface area contributed by atoms with Crippen molar-refractivity contribution in [2.75, 3.05) is 6.61 Å². The van der Waals surface area contributed by atoms with Gasteiger partial charge in [-0.05, 0) is 17.5 Å². The number of aliphatic carboxylic acids is 1. The van der Waals surface area contributed by atoms with Gasteiger partial charge in [0.2, 0.25) is 23.6 Å². The predicted octanol–water partition coefficient (Wildman–Crippen LogP) is -1.51. The van der Waals surface area contributed by atoms with Gasteiger partial charge in [0.25, 0.3) is 0 Å². The SMILES string of the molecule is CCC(C)C(NC(=O)C(Cc1c[nH]c2ccccc12)NC(=O)C(N)CO)C(=O)NC(CC(N)=O)C(=O)O. The maximum atomic E-state index is 13.4. The maximum absolute atomic E-state index is 13.4. The van der Waals surface area contributed by atoms with Crippen LogP contribution in [0, 0.1) is 5.92 Å². The Morgan fingerprint density at radius 3 is 2.24 bits per heavy atom. The third-order valence-electron chi connectivity index (χ3n) is 6.08. The van der Waals surface area contributed by atoms with Gasteiger partial charge in [0.15, 0.2) is 0 Å². The molecule has 0 spiro atoms. The van der Waals surface area contributed by atoms with Crippen LogP contribution in [0.1, 0.15) is 32.3 Å². The minimum atomic E-state index is -1.57. The number of aliphatic hydroxyl groups is 1. The predicted molar refractivity (Wildman–Crippen MR) is 134 cm³/mol. The first-order chi connectivity index (χ1) is 17.5. The second kappa shape index (κ2) is 13.4. The van der Waals surface area contributed by atoms with E-state index in [0.717, 1.165) is 10.9 Å². The first-order valence-electron chi connectivity index (χ1n) is 11.8. The Labute approximate surface area is 213 Å². The smallest absolute Gasteiger partial charge is 0.326 e. The lowest BCUT2D eigenvalue weighted by Crippen LogP contribution is -2.59. The van der Waals surface area contributed by atoms with Gasteiger partial charge < -0.3 is 42.6 Å². The van der Waals surface area contributed by atoms with Crippen LogP contribution in [-0.2, 0) is 30.4 Å². The third kappa shape index (κ3) is 8.02. The minimum Gasteiger partial charge on any atom is -0.480 e. The molecular weight excluding hydrogens is 484 g/mol. The van der Waals surface area contributed by atoms with Crippen LogP contribution in [0.15, 0.2) is 30.5 Å². The van der Waals surface area contributed by atoms with Crippen LogP contribution < -0.4 is 27.4 Å². The summed E-state index contributed by atoms with van der Waals surface area (Å²) in [5, 5.41) is 26.8. The van der Waals surface area contributed by atoms with Crippen molar-refractivity contribution in [2.24, 2.45) is 17.4 Å². The number of aromatic nitrogens is 1. The average molecular weight is 519 g/mol. The van der Waals surface area contributed by atoms with E-state index in [1.807, 2.05) is 24.3 Å².